The van der Waals surface area contributed by atoms with Crippen molar-refractivity contribution in [3.05, 3.63) is 41.2 Å². The maximum atomic E-state index is 12.3. The normalized spacial score (nSPS) is 11.6. The van der Waals surface area contributed by atoms with Crippen molar-refractivity contribution in [2.75, 3.05) is 6.61 Å². The number of aromatic nitrogens is 2. The van der Waals surface area contributed by atoms with Gasteiger partial charge in [-0.1, -0.05) is 0 Å². The van der Waals surface area contributed by atoms with Crippen LogP contribution >= 0.6 is 0 Å². The van der Waals surface area contributed by atoms with Gasteiger partial charge in [0.15, 0.2) is 0 Å². The molecular weight excluding hydrogens is 290 g/mol. The van der Waals surface area contributed by atoms with Crippen LogP contribution in [0.4, 0.5) is 0 Å². The number of aromatic amines is 1. The van der Waals surface area contributed by atoms with Crippen molar-refractivity contribution in [3.8, 4) is 5.75 Å². The van der Waals surface area contributed by atoms with Gasteiger partial charge in [0.05, 0.1) is 17.7 Å². The Balaban J connectivity index is 2.16. The van der Waals surface area contributed by atoms with Gasteiger partial charge in [-0.25, -0.2) is 13.1 Å². The highest BCUT2D eigenvalue weighted by Crippen LogP contribution is 2.21. The SMILES string of the molecule is CCOc1ccc(S(=O)(=O)NCc2cn[nH]c2C)cc1C. The summed E-state index contributed by atoms with van der Waals surface area (Å²) in [5.74, 6) is 0.696. The lowest BCUT2D eigenvalue weighted by molar-refractivity contribution is 0.337. The zero-order valence-corrected chi connectivity index (χ0v) is 13.1. The first-order valence-electron chi connectivity index (χ1n) is 6.66. The largest absolute Gasteiger partial charge is 0.494 e. The van der Waals surface area contributed by atoms with Crippen LogP contribution in [0.15, 0.2) is 29.3 Å². The van der Waals surface area contributed by atoms with E-state index in [0.29, 0.717) is 12.4 Å². The molecule has 1 heterocycles. The second-order valence-corrected chi connectivity index (χ2v) is 6.47. The molecular formula is C14H19N3O3S. The monoisotopic (exact) mass is 309 g/mol. The highest BCUT2D eigenvalue weighted by atomic mass is 32.2. The number of aryl methyl sites for hydroxylation is 2. The standard InChI is InChI=1S/C14H19N3O3S/c1-4-20-14-6-5-13(7-10(14)2)21(18,19)16-9-12-8-15-17-11(12)3/h5-8,16H,4,9H2,1-3H3,(H,15,17). The Bertz CT molecular complexity index is 723. The van der Waals surface area contributed by atoms with Crippen LogP contribution in [0.3, 0.4) is 0 Å². The maximum absolute atomic E-state index is 12.3. The van der Waals surface area contributed by atoms with Crippen LogP contribution < -0.4 is 9.46 Å². The van der Waals surface area contributed by atoms with Crippen LogP contribution in [0, 0.1) is 13.8 Å². The Labute approximate surface area is 124 Å². The van der Waals surface area contributed by atoms with Gasteiger partial charge in [-0.15, -0.1) is 0 Å². The summed E-state index contributed by atoms with van der Waals surface area (Å²) in [7, 11) is -3.55. The van der Waals surface area contributed by atoms with Crippen LogP contribution in [0.2, 0.25) is 0 Å². The molecule has 0 aliphatic carbocycles. The second kappa shape index (κ2) is 6.28. The number of rotatable bonds is 6. The third kappa shape index (κ3) is 3.62. The molecule has 0 amide bonds. The molecule has 21 heavy (non-hydrogen) atoms. The number of nitrogens with zero attached hydrogens (tertiary/aromatic N) is 1. The van der Waals surface area contributed by atoms with E-state index < -0.39 is 10.0 Å². The number of ether oxygens (including phenoxy) is 1. The Kier molecular flexibility index (Phi) is 4.64. The summed E-state index contributed by atoms with van der Waals surface area (Å²) in [5.41, 5.74) is 2.46. The lowest BCUT2D eigenvalue weighted by Crippen LogP contribution is -2.23. The Morgan fingerprint density at radius 1 is 1.33 bits per heavy atom. The van der Waals surface area contributed by atoms with E-state index in [1.165, 1.54) is 0 Å². The van der Waals surface area contributed by atoms with E-state index in [4.69, 9.17) is 4.74 Å². The molecule has 7 heteroatoms. The lowest BCUT2D eigenvalue weighted by atomic mass is 10.2. The Morgan fingerprint density at radius 3 is 2.67 bits per heavy atom. The highest BCUT2D eigenvalue weighted by molar-refractivity contribution is 7.89. The molecule has 2 rings (SSSR count). The lowest BCUT2D eigenvalue weighted by Gasteiger charge is -2.10. The number of H-pyrrole nitrogens is 1. The Morgan fingerprint density at radius 2 is 2.10 bits per heavy atom. The molecule has 0 radical (unpaired) electrons. The van der Waals surface area contributed by atoms with Gasteiger partial charge in [0.1, 0.15) is 5.75 Å². The van der Waals surface area contributed by atoms with Crippen molar-refractivity contribution in [3.63, 3.8) is 0 Å². The van der Waals surface area contributed by atoms with Crippen molar-refractivity contribution >= 4 is 10.0 Å². The van der Waals surface area contributed by atoms with Crippen LogP contribution in [0.1, 0.15) is 23.7 Å². The predicted octanol–water partition coefficient (Wildman–Crippen LogP) is 1.90. The minimum absolute atomic E-state index is 0.205. The van der Waals surface area contributed by atoms with Crippen LogP contribution in [-0.4, -0.2) is 25.2 Å². The quantitative estimate of drug-likeness (QED) is 0.853. The van der Waals surface area contributed by atoms with E-state index in [0.717, 1.165) is 16.8 Å². The molecule has 6 nitrogen and oxygen atoms in total. The summed E-state index contributed by atoms with van der Waals surface area (Å²) < 4.78 is 32.5. The number of benzene rings is 1. The molecule has 0 aliphatic rings. The molecule has 1 aromatic heterocycles. The van der Waals surface area contributed by atoms with Gasteiger partial charge in [-0.3, -0.25) is 5.10 Å². The molecule has 0 unspecified atom stereocenters. The van der Waals surface area contributed by atoms with E-state index in [2.05, 4.69) is 14.9 Å². The topological polar surface area (TPSA) is 84.1 Å². The van der Waals surface area contributed by atoms with Crippen molar-refractivity contribution in [2.24, 2.45) is 0 Å². The van der Waals surface area contributed by atoms with Gasteiger partial charge in [0.2, 0.25) is 10.0 Å². The van der Waals surface area contributed by atoms with E-state index in [1.54, 1.807) is 24.4 Å². The molecule has 1 aromatic carbocycles. The van der Waals surface area contributed by atoms with Crippen molar-refractivity contribution in [1.29, 1.82) is 0 Å². The number of sulfonamides is 1. The Hall–Kier alpha value is -1.86. The highest BCUT2D eigenvalue weighted by Gasteiger charge is 2.16. The average Bonchev–Trinajstić information content (AvgIpc) is 2.84. The summed E-state index contributed by atoms with van der Waals surface area (Å²) >= 11 is 0. The van der Waals surface area contributed by atoms with E-state index >= 15 is 0 Å². The fourth-order valence-corrected chi connectivity index (χ4v) is 3.01. The second-order valence-electron chi connectivity index (χ2n) is 4.71. The van der Waals surface area contributed by atoms with E-state index in [1.807, 2.05) is 20.8 Å². The van der Waals surface area contributed by atoms with Gasteiger partial charge in [-0.2, -0.15) is 5.10 Å². The van der Waals surface area contributed by atoms with Gasteiger partial charge in [0, 0.05) is 17.8 Å². The third-order valence-corrected chi connectivity index (χ3v) is 4.54. The predicted molar refractivity (Wildman–Crippen MR) is 79.7 cm³/mol. The fraction of sp³-hybridized carbons (Fsp3) is 0.357. The molecule has 0 saturated carbocycles. The average molecular weight is 309 g/mol. The van der Waals surface area contributed by atoms with Gasteiger partial charge < -0.3 is 4.74 Å². The zero-order valence-electron chi connectivity index (χ0n) is 12.3. The molecule has 0 fully saturated rings. The molecule has 2 aromatic rings. The summed E-state index contributed by atoms with van der Waals surface area (Å²) in [6, 6.07) is 4.83. The first kappa shape index (κ1) is 15.5. The summed E-state index contributed by atoms with van der Waals surface area (Å²) in [5, 5.41) is 6.64. The molecule has 0 bridgehead atoms. The minimum atomic E-state index is -3.55. The van der Waals surface area contributed by atoms with Crippen molar-refractivity contribution in [1.82, 2.24) is 14.9 Å². The van der Waals surface area contributed by atoms with Crippen LogP contribution in [0.5, 0.6) is 5.75 Å². The van der Waals surface area contributed by atoms with Crippen LogP contribution in [-0.2, 0) is 16.6 Å². The van der Waals surface area contributed by atoms with Gasteiger partial charge in [0.25, 0.3) is 0 Å². The van der Waals surface area contributed by atoms with E-state index in [9.17, 15) is 8.42 Å². The first-order valence-corrected chi connectivity index (χ1v) is 8.14. The van der Waals surface area contributed by atoms with Gasteiger partial charge >= 0.3 is 0 Å². The molecule has 114 valence electrons. The number of hydrogen-bond acceptors (Lipinski definition) is 4. The van der Waals surface area contributed by atoms with Crippen molar-refractivity contribution < 1.29 is 13.2 Å². The summed E-state index contributed by atoms with van der Waals surface area (Å²) in [4.78, 5) is 0.226. The fourth-order valence-electron chi connectivity index (χ4n) is 1.92. The molecule has 0 atom stereocenters. The molecule has 0 spiro atoms. The van der Waals surface area contributed by atoms with E-state index in [-0.39, 0.29) is 11.4 Å². The first-order chi connectivity index (χ1) is 9.94. The molecule has 0 aliphatic heterocycles. The smallest absolute Gasteiger partial charge is 0.240 e. The van der Waals surface area contributed by atoms with Crippen LogP contribution in [0.25, 0.3) is 0 Å². The third-order valence-electron chi connectivity index (χ3n) is 3.14. The maximum Gasteiger partial charge on any atom is 0.240 e. The summed E-state index contributed by atoms with van der Waals surface area (Å²) in [6.07, 6.45) is 1.61. The molecule has 0 saturated heterocycles. The zero-order chi connectivity index (χ0) is 15.5. The van der Waals surface area contributed by atoms with Gasteiger partial charge in [-0.05, 0) is 44.5 Å². The summed E-state index contributed by atoms with van der Waals surface area (Å²) in [6.45, 7) is 6.31. The molecule has 2 N–H and O–H groups in total. The minimum Gasteiger partial charge on any atom is -0.494 e. The van der Waals surface area contributed by atoms with Crippen molar-refractivity contribution in [2.45, 2.75) is 32.2 Å². The number of nitrogens with one attached hydrogen (secondary N) is 2. The number of hydrogen-bond donors (Lipinski definition) is 2.